The Hall–Kier alpha value is -0.380. The van der Waals surface area contributed by atoms with Gasteiger partial charge in [0.05, 0.1) is 18.8 Å². The first-order chi connectivity index (χ1) is 4.72. The summed E-state index contributed by atoms with van der Waals surface area (Å²) in [5.74, 6) is 0. The third kappa shape index (κ3) is 3.61. The van der Waals surface area contributed by atoms with E-state index < -0.39 is 12.1 Å². The molecule has 2 atom stereocenters. The van der Waals surface area contributed by atoms with Crippen molar-refractivity contribution in [3.05, 3.63) is 12.2 Å². The largest absolute Gasteiger partial charge is 0.395 e. The number of nitrogens with two attached hydrogens (primary N) is 1. The number of hydrogen-bond donors (Lipinski definition) is 3. The number of aliphatic hydroxyl groups excluding tert-OH is 2. The molecule has 0 aromatic rings. The van der Waals surface area contributed by atoms with Gasteiger partial charge in [0, 0.05) is 0 Å². The van der Waals surface area contributed by atoms with Gasteiger partial charge in [0.2, 0.25) is 0 Å². The molecule has 0 amide bonds. The van der Waals surface area contributed by atoms with Crippen LogP contribution in [0.1, 0.15) is 13.3 Å². The van der Waals surface area contributed by atoms with E-state index in [1.54, 1.807) is 6.08 Å². The lowest BCUT2D eigenvalue weighted by Crippen LogP contribution is -2.36. The zero-order valence-electron chi connectivity index (χ0n) is 6.20. The van der Waals surface area contributed by atoms with Crippen molar-refractivity contribution in [2.75, 3.05) is 6.61 Å². The van der Waals surface area contributed by atoms with E-state index in [9.17, 15) is 0 Å². The average molecular weight is 145 g/mol. The number of allylic oxidation sites excluding steroid dienone is 1. The lowest BCUT2D eigenvalue weighted by molar-refractivity contribution is 0.144. The molecule has 0 rings (SSSR count). The first kappa shape index (κ1) is 9.62. The Kier molecular flexibility index (Phi) is 5.20. The van der Waals surface area contributed by atoms with E-state index >= 15 is 0 Å². The first-order valence-electron chi connectivity index (χ1n) is 3.43. The fourth-order valence-electron chi connectivity index (χ4n) is 0.526. The highest BCUT2D eigenvalue weighted by Gasteiger charge is 2.08. The fourth-order valence-corrected chi connectivity index (χ4v) is 0.526. The zero-order valence-corrected chi connectivity index (χ0v) is 6.20. The van der Waals surface area contributed by atoms with Crippen LogP contribution in [0.5, 0.6) is 0 Å². The lowest BCUT2D eigenvalue weighted by Gasteiger charge is -2.11. The molecule has 0 radical (unpaired) electrons. The predicted octanol–water partition coefficient (Wildman–Crippen LogP) is -0.367. The summed E-state index contributed by atoms with van der Waals surface area (Å²) >= 11 is 0. The number of hydrogen-bond acceptors (Lipinski definition) is 3. The molecule has 0 unspecified atom stereocenters. The van der Waals surface area contributed by atoms with Gasteiger partial charge < -0.3 is 15.9 Å². The van der Waals surface area contributed by atoms with Gasteiger partial charge in [-0.25, -0.2) is 0 Å². The molecule has 0 heterocycles. The molecular formula is C7H15NO2. The normalized spacial score (nSPS) is 17.6. The summed E-state index contributed by atoms with van der Waals surface area (Å²) in [5.41, 5.74) is 5.31. The number of aliphatic hydroxyl groups is 2. The molecule has 4 N–H and O–H groups in total. The van der Waals surface area contributed by atoms with Crippen molar-refractivity contribution in [3.63, 3.8) is 0 Å². The van der Waals surface area contributed by atoms with Gasteiger partial charge in [0.25, 0.3) is 0 Å². The van der Waals surface area contributed by atoms with E-state index in [2.05, 4.69) is 0 Å². The quantitative estimate of drug-likeness (QED) is 0.473. The molecule has 0 aromatic heterocycles. The second-order valence-corrected chi connectivity index (χ2v) is 2.17. The molecule has 3 heteroatoms. The number of rotatable bonds is 4. The van der Waals surface area contributed by atoms with Crippen LogP contribution in [0.2, 0.25) is 0 Å². The maximum Gasteiger partial charge on any atom is 0.0894 e. The van der Waals surface area contributed by atoms with Crippen molar-refractivity contribution in [2.45, 2.75) is 25.5 Å². The maximum absolute atomic E-state index is 9.08. The van der Waals surface area contributed by atoms with Gasteiger partial charge in [-0.3, -0.25) is 0 Å². The summed E-state index contributed by atoms with van der Waals surface area (Å²) in [6.07, 6.45) is 3.57. The van der Waals surface area contributed by atoms with E-state index in [-0.39, 0.29) is 6.61 Å². The van der Waals surface area contributed by atoms with E-state index in [0.717, 1.165) is 6.42 Å². The Morgan fingerprint density at radius 1 is 1.60 bits per heavy atom. The highest BCUT2D eigenvalue weighted by molar-refractivity contribution is 4.92. The molecule has 0 saturated carbocycles. The van der Waals surface area contributed by atoms with Crippen molar-refractivity contribution in [1.82, 2.24) is 0 Å². The maximum atomic E-state index is 9.08. The molecule has 0 aliphatic rings. The summed E-state index contributed by atoms with van der Waals surface area (Å²) in [6, 6.07) is -0.553. The van der Waals surface area contributed by atoms with Crippen molar-refractivity contribution >= 4 is 0 Å². The SMILES string of the molecule is CC/C=C\[C@H](O)[C@H](N)CO. The van der Waals surface area contributed by atoms with Crippen LogP contribution in [0.3, 0.4) is 0 Å². The Labute approximate surface area is 61.2 Å². The van der Waals surface area contributed by atoms with Crippen LogP contribution in [0.4, 0.5) is 0 Å². The second-order valence-electron chi connectivity index (χ2n) is 2.17. The fraction of sp³-hybridized carbons (Fsp3) is 0.714. The third-order valence-electron chi connectivity index (χ3n) is 1.22. The van der Waals surface area contributed by atoms with Crippen molar-refractivity contribution < 1.29 is 10.2 Å². The highest BCUT2D eigenvalue weighted by atomic mass is 16.3. The lowest BCUT2D eigenvalue weighted by atomic mass is 10.1. The van der Waals surface area contributed by atoms with Crippen LogP contribution < -0.4 is 5.73 Å². The van der Waals surface area contributed by atoms with Crippen LogP contribution in [-0.4, -0.2) is 29.0 Å². The molecule has 3 nitrogen and oxygen atoms in total. The standard InChI is InChI=1S/C7H15NO2/c1-2-3-4-7(10)6(8)5-9/h3-4,6-7,9-10H,2,5,8H2,1H3/b4-3-/t6-,7+/m1/s1. The summed E-state index contributed by atoms with van der Waals surface area (Å²) in [4.78, 5) is 0. The second kappa shape index (κ2) is 5.41. The van der Waals surface area contributed by atoms with Gasteiger partial charge in [-0.15, -0.1) is 0 Å². The Morgan fingerprint density at radius 2 is 2.20 bits per heavy atom. The molecule has 0 fully saturated rings. The molecular weight excluding hydrogens is 130 g/mol. The molecule has 0 aliphatic heterocycles. The van der Waals surface area contributed by atoms with Crippen molar-refractivity contribution in [2.24, 2.45) is 5.73 Å². The molecule has 60 valence electrons. The minimum Gasteiger partial charge on any atom is -0.395 e. The molecule has 0 bridgehead atoms. The van der Waals surface area contributed by atoms with Crippen LogP contribution in [0.15, 0.2) is 12.2 Å². The molecule has 0 aromatic carbocycles. The van der Waals surface area contributed by atoms with Crippen LogP contribution in [0.25, 0.3) is 0 Å². The Balaban J connectivity index is 3.60. The van der Waals surface area contributed by atoms with E-state index in [1.165, 1.54) is 0 Å². The third-order valence-corrected chi connectivity index (χ3v) is 1.22. The van der Waals surface area contributed by atoms with E-state index in [1.807, 2.05) is 13.0 Å². The van der Waals surface area contributed by atoms with E-state index in [0.29, 0.717) is 0 Å². The predicted molar refractivity (Wildman–Crippen MR) is 40.5 cm³/mol. The first-order valence-corrected chi connectivity index (χ1v) is 3.43. The molecule has 0 saturated heterocycles. The molecule has 0 spiro atoms. The monoisotopic (exact) mass is 145 g/mol. The highest BCUT2D eigenvalue weighted by Crippen LogP contribution is 1.92. The van der Waals surface area contributed by atoms with E-state index in [4.69, 9.17) is 15.9 Å². The van der Waals surface area contributed by atoms with Gasteiger partial charge in [-0.05, 0) is 6.42 Å². The van der Waals surface area contributed by atoms with Crippen molar-refractivity contribution in [1.29, 1.82) is 0 Å². The average Bonchev–Trinajstić information content (AvgIpc) is 1.98. The van der Waals surface area contributed by atoms with Crippen molar-refractivity contribution in [3.8, 4) is 0 Å². The topological polar surface area (TPSA) is 66.5 Å². The molecule has 10 heavy (non-hydrogen) atoms. The summed E-state index contributed by atoms with van der Waals surface area (Å²) in [7, 11) is 0. The summed E-state index contributed by atoms with van der Waals surface area (Å²) in [5, 5.41) is 17.6. The van der Waals surface area contributed by atoms with Gasteiger partial charge in [-0.1, -0.05) is 19.1 Å². The zero-order chi connectivity index (χ0) is 7.98. The minimum atomic E-state index is -0.718. The van der Waals surface area contributed by atoms with Crippen LogP contribution >= 0.6 is 0 Å². The summed E-state index contributed by atoms with van der Waals surface area (Å²) in [6.45, 7) is 1.78. The molecule has 0 aliphatic carbocycles. The van der Waals surface area contributed by atoms with Gasteiger partial charge in [0.15, 0.2) is 0 Å². The van der Waals surface area contributed by atoms with Crippen LogP contribution in [0, 0.1) is 0 Å². The van der Waals surface area contributed by atoms with Crippen LogP contribution in [-0.2, 0) is 0 Å². The van der Waals surface area contributed by atoms with Gasteiger partial charge in [-0.2, -0.15) is 0 Å². The Morgan fingerprint density at radius 3 is 2.60 bits per heavy atom. The smallest absolute Gasteiger partial charge is 0.0894 e. The Bertz CT molecular complexity index is 104. The summed E-state index contributed by atoms with van der Waals surface area (Å²) < 4.78 is 0. The van der Waals surface area contributed by atoms with Gasteiger partial charge >= 0.3 is 0 Å². The minimum absolute atomic E-state index is 0.185. The van der Waals surface area contributed by atoms with Gasteiger partial charge in [0.1, 0.15) is 0 Å².